The number of hydrogen-bond acceptors (Lipinski definition) is 0. The SMILES string of the molecule is C/C=C(\C=C(/C)CC)C(C)C.CC. The molecule has 0 atom stereocenters. The van der Waals surface area contributed by atoms with Crippen molar-refractivity contribution in [2.45, 2.75) is 54.9 Å². The third-order valence-corrected chi connectivity index (χ3v) is 1.97. The molecule has 13 heavy (non-hydrogen) atoms. The molecule has 0 saturated carbocycles. The lowest BCUT2D eigenvalue weighted by atomic mass is 10.00. The van der Waals surface area contributed by atoms with E-state index in [4.69, 9.17) is 0 Å². The smallest absolute Gasteiger partial charge is 0.0222 e. The van der Waals surface area contributed by atoms with Crippen molar-refractivity contribution in [1.29, 1.82) is 0 Å². The normalized spacial score (nSPS) is 12.6. The van der Waals surface area contributed by atoms with Crippen LogP contribution in [0.25, 0.3) is 0 Å². The average molecular weight is 182 g/mol. The highest BCUT2D eigenvalue weighted by Crippen LogP contribution is 2.14. The lowest BCUT2D eigenvalue weighted by molar-refractivity contribution is 0.786. The van der Waals surface area contributed by atoms with Crippen LogP contribution in [0.2, 0.25) is 0 Å². The van der Waals surface area contributed by atoms with Gasteiger partial charge in [0.15, 0.2) is 0 Å². The molecule has 0 aromatic carbocycles. The van der Waals surface area contributed by atoms with Crippen molar-refractivity contribution in [3.8, 4) is 0 Å². The molecule has 0 rings (SSSR count). The van der Waals surface area contributed by atoms with E-state index in [0.29, 0.717) is 5.92 Å². The van der Waals surface area contributed by atoms with E-state index < -0.39 is 0 Å². The van der Waals surface area contributed by atoms with Gasteiger partial charge in [-0.25, -0.2) is 0 Å². The Morgan fingerprint density at radius 1 is 1.23 bits per heavy atom. The fraction of sp³-hybridized carbons (Fsp3) is 0.692. The zero-order valence-corrected chi connectivity index (χ0v) is 10.4. The highest BCUT2D eigenvalue weighted by atomic mass is 14.0. The summed E-state index contributed by atoms with van der Waals surface area (Å²) in [6, 6.07) is 0. The van der Waals surface area contributed by atoms with Crippen LogP contribution in [-0.4, -0.2) is 0 Å². The van der Waals surface area contributed by atoms with Crippen molar-refractivity contribution < 1.29 is 0 Å². The summed E-state index contributed by atoms with van der Waals surface area (Å²) >= 11 is 0. The highest BCUT2D eigenvalue weighted by Gasteiger charge is 1.97. The predicted octanol–water partition coefficient (Wildman–Crippen LogP) is 4.97. The second-order valence-electron chi connectivity index (χ2n) is 3.29. The number of rotatable bonds is 3. The van der Waals surface area contributed by atoms with Crippen LogP contribution in [0.4, 0.5) is 0 Å². The minimum atomic E-state index is 0.654. The summed E-state index contributed by atoms with van der Waals surface area (Å²) in [4.78, 5) is 0. The Balaban J connectivity index is 0. The maximum Gasteiger partial charge on any atom is -0.0222 e. The highest BCUT2D eigenvalue weighted by molar-refractivity contribution is 5.23. The van der Waals surface area contributed by atoms with Crippen LogP contribution in [0.5, 0.6) is 0 Å². The summed E-state index contributed by atoms with van der Waals surface area (Å²) in [7, 11) is 0. The quantitative estimate of drug-likeness (QED) is 0.540. The van der Waals surface area contributed by atoms with E-state index in [1.165, 1.54) is 11.1 Å². The molecule has 0 aliphatic rings. The molecule has 0 heterocycles. The van der Waals surface area contributed by atoms with E-state index in [9.17, 15) is 0 Å². The van der Waals surface area contributed by atoms with Gasteiger partial charge in [0.2, 0.25) is 0 Å². The molecule has 0 unspecified atom stereocenters. The summed E-state index contributed by atoms with van der Waals surface area (Å²) in [6.07, 6.45) is 5.65. The van der Waals surface area contributed by atoms with Gasteiger partial charge in [-0.1, -0.05) is 52.3 Å². The van der Waals surface area contributed by atoms with Crippen molar-refractivity contribution in [3.63, 3.8) is 0 Å². The van der Waals surface area contributed by atoms with Gasteiger partial charge in [-0.15, -0.1) is 0 Å². The molecule has 0 aromatic rings. The molecule has 0 saturated heterocycles. The van der Waals surface area contributed by atoms with E-state index >= 15 is 0 Å². The number of hydrogen-bond donors (Lipinski definition) is 0. The Hall–Kier alpha value is -0.520. The van der Waals surface area contributed by atoms with Gasteiger partial charge < -0.3 is 0 Å². The minimum Gasteiger partial charge on any atom is -0.0842 e. The first-order valence-corrected chi connectivity index (χ1v) is 5.45. The third kappa shape index (κ3) is 7.83. The van der Waals surface area contributed by atoms with Gasteiger partial charge in [-0.3, -0.25) is 0 Å². The molecule has 0 amide bonds. The topological polar surface area (TPSA) is 0 Å². The predicted molar refractivity (Wildman–Crippen MR) is 64.0 cm³/mol. The summed E-state index contributed by atoms with van der Waals surface area (Å²) in [5.41, 5.74) is 2.91. The van der Waals surface area contributed by atoms with Gasteiger partial charge in [-0.2, -0.15) is 0 Å². The molecule has 0 fully saturated rings. The summed E-state index contributed by atoms with van der Waals surface area (Å²) in [6.45, 7) is 14.9. The van der Waals surface area contributed by atoms with Gasteiger partial charge in [0.1, 0.15) is 0 Å². The van der Waals surface area contributed by atoms with Gasteiger partial charge >= 0.3 is 0 Å². The Labute approximate surface area is 84.7 Å². The summed E-state index contributed by atoms with van der Waals surface area (Å²) in [5.74, 6) is 0.654. The van der Waals surface area contributed by atoms with Gasteiger partial charge in [0.05, 0.1) is 0 Å². The van der Waals surface area contributed by atoms with Crippen LogP contribution in [0.15, 0.2) is 23.3 Å². The molecular weight excluding hydrogens is 156 g/mol. The summed E-state index contributed by atoms with van der Waals surface area (Å²) < 4.78 is 0. The zero-order chi connectivity index (χ0) is 10.9. The third-order valence-electron chi connectivity index (χ3n) is 1.97. The molecule has 78 valence electrons. The summed E-state index contributed by atoms with van der Waals surface area (Å²) in [5, 5.41) is 0. The lowest BCUT2D eigenvalue weighted by Gasteiger charge is -2.06. The molecule has 0 spiro atoms. The Morgan fingerprint density at radius 3 is 1.92 bits per heavy atom. The maximum atomic E-state index is 2.30. The van der Waals surface area contributed by atoms with Gasteiger partial charge in [0, 0.05) is 0 Å². The first-order chi connectivity index (χ1) is 6.11. The largest absolute Gasteiger partial charge is 0.0842 e. The van der Waals surface area contributed by atoms with E-state index in [-0.39, 0.29) is 0 Å². The second-order valence-corrected chi connectivity index (χ2v) is 3.29. The zero-order valence-electron chi connectivity index (χ0n) is 10.4. The van der Waals surface area contributed by atoms with Crippen molar-refractivity contribution in [1.82, 2.24) is 0 Å². The van der Waals surface area contributed by atoms with Crippen molar-refractivity contribution in [2.75, 3.05) is 0 Å². The van der Waals surface area contributed by atoms with Crippen LogP contribution < -0.4 is 0 Å². The molecule has 0 nitrogen and oxygen atoms in total. The van der Waals surface area contributed by atoms with Crippen LogP contribution in [0.1, 0.15) is 54.9 Å². The van der Waals surface area contributed by atoms with Crippen LogP contribution >= 0.6 is 0 Å². The molecule has 0 N–H and O–H groups in total. The molecule has 0 radical (unpaired) electrons. The first kappa shape index (κ1) is 15.0. The van der Waals surface area contributed by atoms with Gasteiger partial charge in [0.25, 0.3) is 0 Å². The molecule has 0 aliphatic carbocycles. The molecule has 0 aromatic heterocycles. The fourth-order valence-electron chi connectivity index (χ4n) is 0.970. The van der Waals surface area contributed by atoms with E-state index in [1.54, 1.807) is 0 Å². The molecule has 0 aliphatic heterocycles. The fourth-order valence-corrected chi connectivity index (χ4v) is 0.970. The Kier molecular flexibility index (Phi) is 11.0. The minimum absolute atomic E-state index is 0.654. The van der Waals surface area contributed by atoms with E-state index in [0.717, 1.165) is 6.42 Å². The van der Waals surface area contributed by atoms with Gasteiger partial charge in [-0.05, 0) is 31.8 Å². The Morgan fingerprint density at radius 2 is 1.69 bits per heavy atom. The monoisotopic (exact) mass is 182 g/mol. The van der Waals surface area contributed by atoms with Crippen molar-refractivity contribution in [3.05, 3.63) is 23.3 Å². The molecular formula is C13H26. The maximum absolute atomic E-state index is 2.30. The van der Waals surface area contributed by atoms with E-state index in [1.807, 2.05) is 13.8 Å². The Bertz CT molecular complexity index is 159. The number of allylic oxidation sites excluding steroid dienone is 4. The second kappa shape index (κ2) is 9.57. The van der Waals surface area contributed by atoms with Crippen molar-refractivity contribution >= 4 is 0 Å². The van der Waals surface area contributed by atoms with E-state index in [2.05, 4.69) is 46.8 Å². The van der Waals surface area contributed by atoms with Crippen LogP contribution in [0.3, 0.4) is 0 Å². The standard InChI is InChI=1S/C11H20.C2H6/c1-6-10(5)8-11(7-2)9(3)4;1-2/h7-9H,6H2,1-5H3;1-2H3/b10-8+,11-7+;. The van der Waals surface area contributed by atoms with Crippen LogP contribution in [0, 0.1) is 5.92 Å². The lowest BCUT2D eigenvalue weighted by Crippen LogP contribution is -1.90. The average Bonchev–Trinajstić information content (AvgIpc) is 2.16. The molecule has 0 heteroatoms. The molecule has 0 bridgehead atoms. The first-order valence-electron chi connectivity index (χ1n) is 5.45. The van der Waals surface area contributed by atoms with Crippen LogP contribution in [-0.2, 0) is 0 Å². The van der Waals surface area contributed by atoms with Crippen molar-refractivity contribution in [2.24, 2.45) is 5.92 Å².